The van der Waals surface area contributed by atoms with Crippen LogP contribution in [-0.2, 0) is 34.6 Å². The maximum Gasteiger partial charge on any atom is 0.490 e. The zero-order valence-corrected chi connectivity index (χ0v) is 17.9. The van der Waals surface area contributed by atoms with Crippen LogP contribution in [0.15, 0.2) is 48.5 Å². The molecule has 4 rings (SSSR count). The van der Waals surface area contributed by atoms with Crippen molar-refractivity contribution in [2.24, 2.45) is 0 Å². The molecule has 1 aromatic heterocycles. The van der Waals surface area contributed by atoms with Gasteiger partial charge >= 0.3 is 12.1 Å². The van der Waals surface area contributed by atoms with Crippen LogP contribution in [-0.4, -0.2) is 40.2 Å². The summed E-state index contributed by atoms with van der Waals surface area (Å²) in [4.78, 5) is 8.90. The zero-order valence-electron chi connectivity index (χ0n) is 17.9. The molecule has 2 N–H and O–H groups in total. The summed E-state index contributed by atoms with van der Waals surface area (Å²) >= 11 is 0. The molecule has 0 fully saturated rings. The number of alkyl halides is 3. The lowest BCUT2D eigenvalue weighted by molar-refractivity contribution is -0.192. The van der Waals surface area contributed by atoms with Gasteiger partial charge in [0.2, 0.25) is 0 Å². The topological polar surface area (TPSA) is 76.4 Å². The van der Waals surface area contributed by atoms with Gasteiger partial charge in [-0.1, -0.05) is 42.5 Å². The van der Waals surface area contributed by atoms with Crippen LogP contribution in [0.3, 0.4) is 0 Å². The number of para-hydroxylation sites is 1. The summed E-state index contributed by atoms with van der Waals surface area (Å²) < 4.78 is 40.0. The Labute approximate surface area is 184 Å². The fourth-order valence-corrected chi connectivity index (χ4v) is 3.85. The van der Waals surface area contributed by atoms with Gasteiger partial charge in [-0.3, -0.25) is 4.68 Å². The van der Waals surface area contributed by atoms with Crippen LogP contribution in [0.5, 0.6) is 0 Å². The Kier molecular flexibility index (Phi) is 7.20. The normalized spacial score (nSPS) is 18.0. The second-order valence-electron chi connectivity index (χ2n) is 7.67. The van der Waals surface area contributed by atoms with E-state index in [0.29, 0.717) is 0 Å². The summed E-state index contributed by atoms with van der Waals surface area (Å²) in [6, 6.07) is 17.1. The summed E-state index contributed by atoms with van der Waals surface area (Å²) in [5.41, 5.74) is 4.73. The summed E-state index contributed by atoms with van der Waals surface area (Å²) in [5.74, 6) is -2.76. The quantitative estimate of drug-likeness (QED) is 0.609. The first-order valence-electron chi connectivity index (χ1n) is 10.3. The molecule has 1 aliphatic heterocycles. The molecule has 1 atom stereocenters. The maximum absolute atomic E-state index is 10.6. The zero-order chi connectivity index (χ0) is 23.4. The number of benzene rings is 2. The van der Waals surface area contributed by atoms with E-state index in [1.165, 1.54) is 22.0 Å². The van der Waals surface area contributed by atoms with Crippen molar-refractivity contribution >= 4 is 16.9 Å². The predicted molar refractivity (Wildman–Crippen MR) is 114 cm³/mol. The van der Waals surface area contributed by atoms with E-state index < -0.39 is 12.1 Å². The minimum Gasteiger partial charge on any atom is -0.475 e. The molecule has 0 radical (unpaired) electrons. The van der Waals surface area contributed by atoms with E-state index in [2.05, 4.69) is 72.4 Å². The van der Waals surface area contributed by atoms with Crippen LogP contribution in [0, 0.1) is 0 Å². The Hall–Kier alpha value is -2.91. The molecule has 1 aliphatic rings. The average molecular weight is 449 g/mol. The molecule has 0 amide bonds. The van der Waals surface area contributed by atoms with E-state index >= 15 is 0 Å². The minimum absolute atomic E-state index is 0.280. The lowest BCUT2D eigenvalue weighted by Crippen LogP contribution is -2.41. The van der Waals surface area contributed by atoms with Gasteiger partial charge in [-0.25, -0.2) is 4.79 Å². The second-order valence-corrected chi connectivity index (χ2v) is 7.67. The van der Waals surface area contributed by atoms with Crippen LogP contribution in [0.25, 0.3) is 10.9 Å². The number of fused-ring (bicyclic) bond motifs is 2. The van der Waals surface area contributed by atoms with Gasteiger partial charge in [0.1, 0.15) is 5.60 Å². The molecule has 0 spiro atoms. The number of nitrogens with zero attached hydrogens (tertiary/aromatic N) is 2. The smallest absolute Gasteiger partial charge is 0.475 e. The Morgan fingerprint density at radius 3 is 2.56 bits per heavy atom. The third kappa shape index (κ3) is 5.28. The number of hydrogen-bond donors (Lipinski definition) is 2. The molecule has 172 valence electrons. The molecule has 0 saturated carbocycles. The number of carboxylic acid groups (broad SMARTS) is 1. The summed E-state index contributed by atoms with van der Waals surface area (Å²) in [7, 11) is 0. The molecule has 2 aromatic carbocycles. The van der Waals surface area contributed by atoms with Gasteiger partial charge in [0.05, 0.1) is 17.8 Å². The number of rotatable bonds is 5. The first-order valence-corrected chi connectivity index (χ1v) is 10.3. The highest BCUT2D eigenvalue weighted by Crippen LogP contribution is 2.32. The van der Waals surface area contributed by atoms with E-state index in [1.54, 1.807) is 0 Å². The number of aromatic nitrogens is 2. The lowest BCUT2D eigenvalue weighted by atomic mass is 9.87. The lowest BCUT2D eigenvalue weighted by Gasteiger charge is -2.36. The van der Waals surface area contributed by atoms with Crippen LogP contribution in [0.2, 0.25) is 0 Å². The van der Waals surface area contributed by atoms with Crippen molar-refractivity contribution in [2.45, 2.75) is 45.1 Å². The number of nitrogens with one attached hydrogen (secondary N) is 1. The van der Waals surface area contributed by atoms with Crippen LogP contribution in [0.4, 0.5) is 13.2 Å². The van der Waals surface area contributed by atoms with Crippen LogP contribution in [0.1, 0.15) is 30.7 Å². The van der Waals surface area contributed by atoms with Gasteiger partial charge < -0.3 is 15.2 Å². The fraction of sp³-hybridized carbons (Fsp3) is 0.391. The maximum atomic E-state index is 10.6. The van der Waals surface area contributed by atoms with E-state index in [4.69, 9.17) is 19.7 Å². The Balaban J connectivity index is 0.000000360. The number of halogens is 3. The van der Waals surface area contributed by atoms with E-state index in [9.17, 15) is 13.2 Å². The van der Waals surface area contributed by atoms with E-state index in [-0.39, 0.29) is 5.60 Å². The van der Waals surface area contributed by atoms with Gasteiger partial charge in [-0.15, -0.1) is 0 Å². The number of ether oxygens (including phenoxy) is 1. The Bertz CT molecular complexity index is 1080. The monoisotopic (exact) mass is 449 g/mol. The molecule has 9 heteroatoms. The Morgan fingerprint density at radius 2 is 1.88 bits per heavy atom. The minimum atomic E-state index is -5.08. The molecule has 6 nitrogen and oxygen atoms in total. The highest BCUT2D eigenvalue weighted by molar-refractivity contribution is 5.81. The molecule has 0 aliphatic carbocycles. The number of aryl methyl sites for hydroxylation is 1. The van der Waals surface area contributed by atoms with Crippen molar-refractivity contribution < 1.29 is 27.8 Å². The molecular formula is C23H26F3N3O3. The first-order chi connectivity index (χ1) is 15.2. The second kappa shape index (κ2) is 9.70. The van der Waals surface area contributed by atoms with Crippen LogP contribution < -0.4 is 5.32 Å². The number of hydrogen-bond acceptors (Lipinski definition) is 4. The molecule has 3 aromatic rings. The number of carbonyl (C=O) groups is 1. The number of aliphatic carboxylic acids is 1. The third-order valence-corrected chi connectivity index (χ3v) is 5.41. The SMILES string of the molecule is CCn1nc(CNCC2(C)OCCc3ccccc32)c2ccccc21.O=C(O)C(F)(F)F. The summed E-state index contributed by atoms with van der Waals surface area (Å²) in [6.45, 7) is 7.49. The number of carboxylic acids is 1. The van der Waals surface area contributed by atoms with Crippen molar-refractivity contribution in [2.75, 3.05) is 13.2 Å². The van der Waals surface area contributed by atoms with Gasteiger partial charge in [0.25, 0.3) is 0 Å². The van der Waals surface area contributed by atoms with Crippen molar-refractivity contribution in [3.63, 3.8) is 0 Å². The van der Waals surface area contributed by atoms with Crippen molar-refractivity contribution in [1.29, 1.82) is 0 Å². The highest BCUT2D eigenvalue weighted by Gasteiger charge is 2.38. The van der Waals surface area contributed by atoms with Gasteiger partial charge in [0, 0.05) is 25.0 Å². The van der Waals surface area contributed by atoms with Crippen molar-refractivity contribution in [3.05, 3.63) is 65.4 Å². The van der Waals surface area contributed by atoms with E-state index in [0.717, 1.165) is 38.4 Å². The molecular weight excluding hydrogens is 423 g/mol. The fourth-order valence-electron chi connectivity index (χ4n) is 3.85. The highest BCUT2D eigenvalue weighted by atomic mass is 19.4. The van der Waals surface area contributed by atoms with E-state index in [1.807, 2.05) is 0 Å². The summed E-state index contributed by atoms with van der Waals surface area (Å²) in [6.07, 6.45) is -4.09. The average Bonchev–Trinajstić information content (AvgIpc) is 3.12. The van der Waals surface area contributed by atoms with Gasteiger partial charge in [0.15, 0.2) is 0 Å². The molecule has 0 saturated heterocycles. The standard InChI is InChI=1S/C21H25N3O.C2HF3O2/c1-3-24-20-11-7-5-9-17(20)19(23-24)14-22-15-21(2)18-10-6-4-8-16(18)12-13-25-21;3-2(4,5)1(6)7/h4-11,22H,3,12-15H2,1-2H3;(H,6,7). The predicted octanol–water partition coefficient (Wildman–Crippen LogP) is 4.27. The van der Waals surface area contributed by atoms with Gasteiger partial charge in [-0.2, -0.15) is 18.3 Å². The van der Waals surface area contributed by atoms with Crippen molar-refractivity contribution in [1.82, 2.24) is 15.1 Å². The largest absolute Gasteiger partial charge is 0.490 e. The van der Waals surface area contributed by atoms with Crippen LogP contribution >= 0.6 is 0 Å². The molecule has 1 unspecified atom stereocenters. The molecule has 0 bridgehead atoms. The third-order valence-electron chi connectivity index (χ3n) is 5.41. The molecule has 2 heterocycles. The first kappa shape index (κ1) is 23.7. The van der Waals surface area contributed by atoms with Gasteiger partial charge in [-0.05, 0) is 37.5 Å². The molecule has 32 heavy (non-hydrogen) atoms. The van der Waals surface area contributed by atoms with Crippen molar-refractivity contribution in [3.8, 4) is 0 Å². The summed E-state index contributed by atoms with van der Waals surface area (Å²) in [5, 5.41) is 16.7. The Morgan fingerprint density at radius 1 is 1.22 bits per heavy atom.